The van der Waals surface area contributed by atoms with Gasteiger partial charge in [-0.3, -0.25) is 0 Å². The molecule has 3 rings (SSSR count). The maximum absolute atomic E-state index is 3.55. The van der Waals surface area contributed by atoms with Crippen LogP contribution in [0.25, 0.3) is 0 Å². The Balaban J connectivity index is 1.56. The molecule has 100 valence electrons. The molecule has 1 nitrogen and oxygen atoms in total. The molecule has 4 atom stereocenters. The van der Waals surface area contributed by atoms with E-state index in [0.717, 1.165) is 17.8 Å². The van der Waals surface area contributed by atoms with Crippen molar-refractivity contribution < 1.29 is 0 Å². The molecule has 1 N–H and O–H groups in total. The number of hydrogen-bond donors (Lipinski definition) is 1. The van der Waals surface area contributed by atoms with Crippen molar-refractivity contribution in [2.45, 2.75) is 44.6 Å². The lowest BCUT2D eigenvalue weighted by atomic mass is 9.83. The van der Waals surface area contributed by atoms with Crippen LogP contribution in [0.1, 0.15) is 37.0 Å². The van der Waals surface area contributed by atoms with Crippen molar-refractivity contribution >= 4 is 27.3 Å². The van der Waals surface area contributed by atoms with E-state index in [1.807, 2.05) is 11.3 Å². The predicted octanol–water partition coefficient (Wildman–Crippen LogP) is 4.47. The lowest BCUT2D eigenvalue weighted by molar-refractivity contribution is 0.282. The SMILES string of the molecule is CNC(Cc1cc(Br)cs1)CC1CC2CCC1C2. The number of thiophene rings is 1. The number of rotatable bonds is 5. The zero-order valence-corrected chi connectivity index (χ0v) is 13.4. The van der Waals surface area contributed by atoms with Crippen LogP contribution in [0.2, 0.25) is 0 Å². The van der Waals surface area contributed by atoms with E-state index >= 15 is 0 Å². The third-order valence-electron chi connectivity index (χ3n) is 4.95. The highest BCUT2D eigenvalue weighted by Gasteiger charge is 2.39. The van der Waals surface area contributed by atoms with Gasteiger partial charge in [0, 0.05) is 20.8 Å². The fourth-order valence-electron chi connectivity index (χ4n) is 4.04. The maximum Gasteiger partial charge on any atom is 0.0285 e. The number of halogens is 1. The van der Waals surface area contributed by atoms with Gasteiger partial charge in [-0.25, -0.2) is 0 Å². The van der Waals surface area contributed by atoms with E-state index in [2.05, 4.69) is 39.7 Å². The highest BCUT2D eigenvalue weighted by atomic mass is 79.9. The van der Waals surface area contributed by atoms with E-state index in [4.69, 9.17) is 0 Å². The van der Waals surface area contributed by atoms with Crippen molar-refractivity contribution in [2.75, 3.05) is 7.05 Å². The Bertz CT molecular complexity index is 403. The fourth-order valence-corrected chi connectivity index (χ4v) is 5.57. The highest BCUT2D eigenvalue weighted by Crippen LogP contribution is 2.50. The first-order chi connectivity index (χ1) is 8.74. The van der Waals surface area contributed by atoms with Gasteiger partial charge in [-0.2, -0.15) is 0 Å². The maximum atomic E-state index is 3.55. The van der Waals surface area contributed by atoms with Crippen molar-refractivity contribution in [2.24, 2.45) is 17.8 Å². The summed E-state index contributed by atoms with van der Waals surface area (Å²) < 4.78 is 1.23. The second kappa shape index (κ2) is 5.64. The minimum absolute atomic E-state index is 0.667. The Morgan fingerprint density at radius 1 is 1.44 bits per heavy atom. The van der Waals surface area contributed by atoms with E-state index in [-0.39, 0.29) is 0 Å². The smallest absolute Gasteiger partial charge is 0.0285 e. The number of fused-ring (bicyclic) bond motifs is 2. The van der Waals surface area contributed by atoms with Crippen LogP contribution in [0, 0.1) is 17.8 Å². The third kappa shape index (κ3) is 2.83. The number of likely N-dealkylation sites (N-methyl/N-ethyl adjacent to an activating group) is 1. The minimum atomic E-state index is 0.667. The van der Waals surface area contributed by atoms with Gasteiger partial charge in [0.25, 0.3) is 0 Å². The molecule has 0 spiro atoms. The van der Waals surface area contributed by atoms with Gasteiger partial charge in [-0.1, -0.05) is 6.42 Å². The van der Waals surface area contributed by atoms with Crippen LogP contribution >= 0.6 is 27.3 Å². The summed E-state index contributed by atoms with van der Waals surface area (Å²) in [6.45, 7) is 0. The second-order valence-corrected chi connectivity index (χ2v) is 8.00. The van der Waals surface area contributed by atoms with Crippen LogP contribution in [0.3, 0.4) is 0 Å². The molecular formula is C15H22BrNS. The van der Waals surface area contributed by atoms with Crippen molar-refractivity contribution in [3.63, 3.8) is 0 Å². The predicted molar refractivity (Wildman–Crippen MR) is 82.1 cm³/mol. The summed E-state index contributed by atoms with van der Waals surface area (Å²) >= 11 is 5.43. The first-order valence-corrected chi connectivity index (χ1v) is 8.82. The lowest BCUT2D eigenvalue weighted by Gasteiger charge is -2.26. The van der Waals surface area contributed by atoms with Crippen molar-refractivity contribution in [3.05, 3.63) is 20.8 Å². The summed E-state index contributed by atoms with van der Waals surface area (Å²) in [5.74, 6) is 3.14. The summed E-state index contributed by atoms with van der Waals surface area (Å²) in [6.07, 6.45) is 8.65. The summed E-state index contributed by atoms with van der Waals surface area (Å²) in [5, 5.41) is 5.73. The Labute approximate surface area is 122 Å². The van der Waals surface area contributed by atoms with E-state index in [0.29, 0.717) is 6.04 Å². The van der Waals surface area contributed by atoms with E-state index < -0.39 is 0 Å². The van der Waals surface area contributed by atoms with Crippen LogP contribution < -0.4 is 5.32 Å². The molecule has 3 heteroatoms. The monoisotopic (exact) mass is 327 g/mol. The van der Waals surface area contributed by atoms with Crippen molar-refractivity contribution in [3.8, 4) is 0 Å². The van der Waals surface area contributed by atoms with Gasteiger partial charge in [0.05, 0.1) is 0 Å². The summed E-state index contributed by atoms with van der Waals surface area (Å²) in [6, 6.07) is 2.94. The molecule has 2 aliphatic carbocycles. The largest absolute Gasteiger partial charge is 0.317 e. The molecule has 2 aliphatic rings. The molecule has 18 heavy (non-hydrogen) atoms. The third-order valence-corrected chi connectivity index (χ3v) is 6.67. The van der Waals surface area contributed by atoms with Gasteiger partial charge in [0.1, 0.15) is 0 Å². The Morgan fingerprint density at radius 3 is 2.89 bits per heavy atom. The van der Waals surface area contributed by atoms with E-state index in [9.17, 15) is 0 Å². The zero-order valence-electron chi connectivity index (χ0n) is 11.0. The van der Waals surface area contributed by atoms with E-state index in [1.54, 1.807) is 0 Å². The average Bonchev–Trinajstić information content (AvgIpc) is 3.05. The summed E-state index contributed by atoms with van der Waals surface area (Å²) in [4.78, 5) is 1.50. The number of hydrogen-bond acceptors (Lipinski definition) is 2. The molecule has 1 aromatic rings. The molecule has 4 unspecified atom stereocenters. The van der Waals surface area contributed by atoms with Gasteiger partial charge in [-0.05, 0) is 78.9 Å². The Morgan fingerprint density at radius 2 is 2.33 bits per heavy atom. The summed E-state index contributed by atoms with van der Waals surface area (Å²) in [5.41, 5.74) is 0. The Hall–Kier alpha value is 0.140. The molecule has 1 aromatic heterocycles. The first-order valence-electron chi connectivity index (χ1n) is 7.14. The summed E-state index contributed by atoms with van der Waals surface area (Å²) in [7, 11) is 2.13. The van der Waals surface area contributed by atoms with Gasteiger partial charge < -0.3 is 5.32 Å². The average molecular weight is 328 g/mol. The molecule has 2 fully saturated rings. The first kappa shape index (κ1) is 13.1. The normalized spacial score (nSPS) is 32.0. The molecule has 2 bridgehead atoms. The van der Waals surface area contributed by atoms with Crippen LogP contribution in [0.15, 0.2) is 15.9 Å². The van der Waals surface area contributed by atoms with Gasteiger partial charge in [-0.15, -0.1) is 11.3 Å². The van der Waals surface area contributed by atoms with Crippen LogP contribution in [0.5, 0.6) is 0 Å². The molecule has 0 aliphatic heterocycles. The van der Waals surface area contributed by atoms with Crippen LogP contribution in [0.4, 0.5) is 0 Å². The molecule has 2 saturated carbocycles. The molecular weight excluding hydrogens is 306 g/mol. The minimum Gasteiger partial charge on any atom is -0.317 e. The lowest BCUT2D eigenvalue weighted by Crippen LogP contribution is -2.31. The van der Waals surface area contributed by atoms with Gasteiger partial charge in [0.2, 0.25) is 0 Å². The zero-order chi connectivity index (χ0) is 12.5. The molecule has 0 radical (unpaired) electrons. The standard InChI is InChI=1S/C15H22BrNS/c1-17-14(8-15-7-13(16)9-18-15)6-12-5-10-2-3-11(12)4-10/h7,9-12,14,17H,2-6,8H2,1H3. The quantitative estimate of drug-likeness (QED) is 0.841. The fraction of sp³-hybridized carbons (Fsp3) is 0.733. The van der Waals surface area contributed by atoms with E-state index in [1.165, 1.54) is 47.9 Å². The van der Waals surface area contributed by atoms with Crippen LogP contribution in [-0.2, 0) is 6.42 Å². The number of nitrogens with one attached hydrogen (secondary N) is 1. The topological polar surface area (TPSA) is 12.0 Å². The van der Waals surface area contributed by atoms with Gasteiger partial charge in [0.15, 0.2) is 0 Å². The molecule has 1 heterocycles. The Kier molecular flexibility index (Phi) is 4.12. The highest BCUT2D eigenvalue weighted by molar-refractivity contribution is 9.10. The molecule has 0 saturated heterocycles. The molecule has 0 amide bonds. The van der Waals surface area contributed by atoms with Crippen molar-refractivity contribution in [1.82, 2.24) is 5.32 Å². The van der Waals surface area contributed by atoms with Crippen LogP contribution in [-0.4, -0.2) is 13.1 Å². The molecule has 0 aromatic carbocycles. The van der Waals surface area contributed by atoms with Gasteiger partial charge >= 0.3 is 0 Å². The van der Waals surface area contributed by atoms with Crippen molar-refractivity contribution in [1.29, 1.82) is 0 Å². The second-order valence-electron chi connectivity index (χ2n) is 6.09.